The van der Waals surface area contributed by atoms with Crippen molar-refractivity contribution in [1.82, 2.24) is 28.5 Å². The van der Waals surface area contributed by atoms with Crippen LogP contribution in [0.2, 0.25) is 0 Å². The number of aryl methyl sites for hydroxylation is 2. The molecule has 0 N–H and O–H groups in total. The molecule has 0 bridgehead atoms. The fraction of sp³-hybridized carbons (Fsp3) is 0.368. The third-order valence-electron chi connectivity index (χ3n) is 5.56. The van der Waals surface area contributed by atoms with Crippen molar-refractivity contribution in [3.63, 3.8) is 0 Å². The van der Waals surface area contributed by atoms with E-state index in [0.717, 1.165) is 12.1 Å². The summed E-state index contributed by atoms with van der Waals surface area (Å²) in [6, 6.07) is 4.70. The van der Waals surface area contributed by atoms with Crippen molar-refractivity contribution in [2.24, 2.45) is 7.05 Å². The highest BCUT2D eigenvalue weighted by Crippen LogP contribution is 2.21. The minimum atomic E-state index is -3.82. The van der Waals surface area contributed by atoms with Crippen LogP contribution in [0.3, 0.4) is 0 Å². The number of hydrogen-bond acceptors (Lipinski definition) is 8. The van der Waals surface area contributed by atoms with Gasteiger partial charge in [0.2, 0.25) is 15.9 Å². The van der Waals surface area contributed by atoms with E-state index in [4.69, 9.17) is 0 Å². The summed E-state index contributed by atoms with van der Waals surface area (Å²) >= 11 is 0. The number of nitrogens with zero attached hydrogens (tertiary/aromatic N) is 7. The molecule has 1 aliphatic heterocycles. The highest BCUT2D eigenvalue weighted by Gasteiger charge is 2.30. The molecule has 1 aromatic carbocycles. The van der Waals surface area contributed by atoms with Crippen LogP contribution in [0.4, 0.5) is 5.69 Å². The maximum absolute atomic E-state index is 12.8. The highest BCUT2D eigenvalue weighted by molar-refractivity contribution is 7.89. The Balaban J connectivity index is 1.35. The number of rotatable bonds is 6. The Morgan fingerprint density at radius 3 is 2.45 bits per heavy atom. The molecule has 0 atom stereocenters. The summed E-state index contributed by atoms with van der Waals surface area (Å²) in [7, 11) is -2.14. The third-order valence-corrected chi connectivity index (χ3v) is 7.47. The van der Waals surface area contributed by atoms with Gasteiger partial charge in [-0.05, 0) is 12.1 Å². The fourth-order valence-corrected chi connectivity index (χ4v) is 5.09. The molecule has 1 fully saturated rings. The maximum atomic E-state index is 12.8. The number of piperazine rings is 1. The van der Waals surface area contributed by atoms with Crippen molar-refractivity contribution >= 4 is 32.7 Å². The summed E-state index contributed by atoms with van der Waals surface area (Å²) in [6.07, 6.45) is 2.89. The van der Waals surface area contributed by atoms with Gasteiger partial charge < -0.3 is 4.90 Å². The number of benzene rings is 1. The van der Waals surface area contributed by atoms with Crippen LogP contribution in [0.5, 0.6) is 0 Å². The van der Waals surface area contributed by atoms with E-state index in [2.05, 4.69) is 10.1 Å². The van der Waals surface area contributed by atoms with Gasteiger partial charge in [-0.1, -0.05) is 0 Å². The molecule has 4 rings (SSSR count). The summed E-state index contributed by atoms with van der Waals surface area (Å²) in [6.45, 7) is 0.777. The zero-order chi connectivity index (χ0) is 23.8. The van der Waals surface area contributed by atoms with Gasteiger partial charge >= 0.3 is 0 Å². The van der Waals surface area contributed by atoms with Crippen molar-refractivity contribution in [3.8, 4) is 0 Å². The Kier molecular flexibility index (Phi) is 5.95. The lowest BCUT2D eigenvalue weighted by Gasteiger charge is -2.34. The average molecular weight is 475 g/mol. The lowest BCUT2D eigenvalue weighted by Crippen LogP contribution is -2.50. The first-order valence-corrected chi connectivity index (χ1v) is 11.5. The number of hydrogen-bond donors (Lipinski definition) is 0. The summed E-state index contributed by atoms with van der Waals surface area (Å²) in [5.41, 5.74) is -0.00538. The molecule has 2 aromatic heterocycles. The van der Waals surface area contributed by atoms with Crippen LogP contribution >= 0.6 is 0 Å². The number of carbonyl (C=O) groups is 1. The Bertz CT molecular complexity index is 1370. The van der Waals surface area contributed by atoms with Crippen molar-refractivity contribution < 1.29 is 18.1 Å². The fourth-order valence-electron chi connectivity index (χ4n) is 3.67. The van der Waals surface area contributed by atoms with E-state index in [0.29, 0.717) is 11.0 Å². The Hall–Kier alpha value is -3.65. The molecule has 13 nitrogen and oxygen atoms in total. The normalized spacial score (nSPS) is 15.1. The molecule has 33 heavy (non-hydrogen) atoms. The van der Waals surface area contributed by atoms with Crippen LogP contribution in [-0.2, 0) is 28.4 Å². The number of carbonyl (C=O) groups excluding carboxylic acids is 1. The van der Waals surface area contributed by atoms with Gasteiger partial charge in [0, 0.05) is 58.3 Å². The van der Waals surface area contributed by atoms with Crippen LogP contribution in [0, 0.1) is 10.1 Å². The monoisotopic (exact) mass is 475 g/mol. The first-order chi connectivity index (χ1) is 15.7. The molecular weight excluding hydrogens is 454 g/mol. The number of sulfonamides is 1. The minimum absolute atomic E-state index is 0.0365. The number of aromatic nitrogens is 4. The molecule has 0 spiro atoms. The number of non-ortho nitro benzene ring substituents is 1. The Morgan fingerprint density at radius 2 is 1.82 bits per heavy atom. The van der Waals surface area contributed by atoms with Gasteiger partial charge in [-0.3, -0.25) is 29.0 Å². The lowest BCUT2D eigenvalue weighted by atomic mass is 10.3. The number of fused-ring (bicyclic) bond motifs is 1. The quantitative estimate of drug-likeness (QED) is 0.355. The van der Waals surface area contributed by atoms with E-state index in [1.807, 2.05) is 0 Å². The van der Waals surface area contributed by atoms with Gasteiger partial charge in [-0.2, -0.15) is 9.40 Å². The molecule has 14 heteroatoms. The van der Waals surface area contributed by atoms with Gasteiger partial charge in [0.05, 0.1) is 22.3 Å². The van der Waals surface area contributed by atoms with Gasteiger partial charge in [-0.15, -0.1) is 0 Å². The van der Waals surface area contributed by atoms with E-state index in [1.54, 1.807) is 11.9 Å². The standard InChI is InChI=1S/C19H21N7O6S/c1-22-18-16(12-21-22)19(28)24(13-20-18)7-6-17(27)23-8-10-25(11-9-23)33(31,32)15-4-2-14(3-5-15)26(29)30/h2-5,12-13H,6-11H2,1H3. The number of amides is 1. The van der Waals surface area contributed by atoms with E-state index in [1.165, 1.54) is 38.2 Å². The zero-order valence-corrected chi connectivity index (χ0v) is 18.5. The smallest absolute Gasteiger partial charge is 0.269 e. The predicted molar refractivity (Wildman–Crippen MR) is 116 cm³/mol. The molecular formula is C19H21N7O6S. The van der Waals surface area contributed by atoms with Crippen molar-refractivity contribution in [1.29, 1.82) is 0 Å². The molecule has 1 amide bonds. The SMILES string of the molecule is Cn1ncc2c(=O)n(CCC(=O)N3CCN(S(=O)(=O)c4ccc([N+](=O)[O-])cc4)CC3)cnc21. The number of nitro groups is 1. The third kappa shape index (κ3) is 4.34. The first kappa shape index (κ1) is 22.5. The molecule has 174 valence electrons. The Labute approximate surface area is 188 Å². The summed E-state index contributed by atoms with van der Waals surface area (Å²) in [5, 5.41) is 15.1. The largest absolute Gasteiger partial charge is 0.340 e. The second kappa shape index (κ2) is 8.71. The molecule has 1 saturated heterocycles. The average Bonchev–Trinajstić information content (AvgIpc) is 3.20. The van der Waals surface area contributed by atoms with Crippen LogP contribution in [0.1, 0.15) is 6.42 Å². The summed E-state index contributed by atoms with van der Waals surface area (Å²) in [5.74, 6) is -0.194. The second-order valence-electron chi connectivity index (χ2n) is 7.53. The van der Waals surface area contributed by atoms with Crippen molar-refractivity contribution in [2.75, 3.05) is 26.2 Å². The molecule has 3 aromatic rings. The molecule has 0 radical (unpaired) electrons. The highest BCUT2D eigenvalue weighted by atomic mass is 32.2. The second-order valence-corrected chi connectivity index (χ2v) is 9.47. The molecule has 0 aliphatic carbocycles. The van der Waals surface area contributed by atoms with E-state index >= 15 is 0 Å². The lowest BCUT2D eigenvalue weighted by molar-refractivity contribution is -0.384. The predicted octanol–water partition coefficient (Wildman–Crippen LogP) is -0.0386. The van der Waals surface area contributed by atoms with Gasteiger partial charge in [0.25, 0.3) is 11.2 Å². The van der Waals surface area contributed by atoms with Gasteiger partial charge in [-0.25, -0.2) is 13.4 Å². The van der Waals surface area contributed by atoms with Gasteiger partial charge in [0.15, 0.2) is 5.65 Å². The Morgan fingerprint density at radius 1 is 1.15 bits per heavy atom. The van der Waals surface area contributed by atoms with Crippen LogP contribution in [0.15, 0.2) is 46.5 Å². The van der Waals surface area contributed by atoms with Crippen LogP contribution in [0.25, 0.3) is 11.0 Å². The van der Waals surface area contributed by atoms with Crippen LogP contribution < -0.4 is 5.56 Å². The van der Waals surface area contributed by atoms with Crippen molar-refractivity contribution in [3.05, 3.63) is 57.3 Å². The zero-order valence-electron chi connectivity index (χ0n) is 17.7. The minimum Gasteiger partial charge on any atom is -0.340 e. The summed E-state index contributed by atoms with van der Waals surface area (Å²) in [4.78, 5) is 41.0. The van der Waals surface area contributed by atoms with E-state index < -0.39 is 14.9 Å². The topological polar surface area (TPSA) is 154 Å². The molecule has 0 unspecified atom stereocenters. The van der Waals surface area contributed by atoms with Crippen molar-refractivity contribution in [2.45, 2.75) is 17.9 Å². The first-order valence-electron chi connectivity index (χ1n) is 10.1. The summed E-state index contributed by atoms with van der Waals surface area (Å²) < 4.78 is 29.7. The maximum Gasteiger partial charge on any atom is 0.269 e. The number of nitro benzene ring substituents is 1. The molecule has 0 saturated carbocycles. The van der Waals surface area contributed by atoms with E-state index in [9.17, 15) is 28.1 Å². The van der Waals surface area contributed by atoms with Crippen LogP contribution in [-0.4, -0.2) is 74.0 Å². The molecule has 1 aliphatic rings. The van der Waals surface area contributed by atoms with E-state index in [-0.39, 0.29) is 61.2 Å². The van der Waals surface area contributed by atoms with Gasteiger partial charge in [0.1, 0.15) is 5.39 Å². The molecule has 3 heterocycles.